The van der Waals surface area contributed by atoms with Crippen molar-refractivity contribution in [1.82, 2.24) is 16.1 Å². The predicted molar refractivity (Wildman–Crippen MR) is 148 cm³/mol. The largest absolute Gasteiger partial charge is 0.380 e. The highest BCUT2D eigenvalue weighted by Crippen LogP contribution is 2.43. The molecule has 2 atom stereocenters. The van der Waals surface area contributed by atoms with Crippen LogP contribution in [-0.4, -0.2) is 43.0 Å². The lowest BCUT2D eigenvalue weighted by Crippen LogP contribution is -2.40. The van der Waals surface area contributed by atoms with Crippen molar-refractivity contribution in [2.45, 2.75) is 70.6 Å². The van der Waals surface area contributed by atoms with Crippen molar-refractivity contribution in [1.29, 1.82) is 0 Å². The first-order chi connectivity index (χ1) is 18.7. The van der Waals surface area contributed by atoms with Gasteiger partial charge in [-0.15, -0.1) is 0 Å². The first-order valence-electron chi connectivity index (χ1n) is 13.5. The van der Waals surface area contributed by atoms with Crippen molar-refractivity contribution in [2.75, 3.05) is 24.7 Å². The molecular weight excluding hydrogens is 496 g/mol. The summed E-state index contributed by atoms with van der Waals surface area (Å²) in [5.41, 5.74) is 6.69. The average molecular weight is 535 g/mol. The number of nitrogens with one attached hydrogen (secondary N) is 3. The predicted octanol–water partition coefficient (Wildman–Crippen LogP) is 3.89. The minimum absolute atomic E-state index is 0.000617. The summed E-state index contributed by atoms with van der Waals surface area (Å²) in [6.07, 6.45) is 1.18. The highest BCUT2D eigenvalue weighted by atomic mass is 16.5. The molecule has 0 fully saturated rings. The van der Waals surface area contributed by atoms with Gasteiger partial charge in [-0.2, -0.15) is 5.11 Å². The Labute approximate surface area is 229 Å². The third-order valence-corrected chi connectivity index (χ3v) is 6.60. The number of para-hydroxylation sites is 1. The summed E-state index contributed by atoms with van der Waals surface area (Å²) >= 11 is 0. The van der Waals surface area contributed by atoms with Crippen molar-refractivity contribution < 1.29 is 19.1 Å². The summed E-state index contributed by atoms with van der Waals surface area (Å²) in [6, 6.07) is 15.4. The molecule has 0 bridgehead atoms. The van der Waals surface area contributed by atoms with Gasteiger partial charge in [-0.25, -0.2) is 0 Å². The number of anilines is 1. The van der Waals surface area contributed by atoms with E-state index >= 15 is 0 Å². The third kappa shape index (κ3) is 7.63. The molecule has 2 unspecified atom stereocenters. The van der Waals surface area contributed by atoms with E-state index in [2.05, 4.69) is 26.4 Å². The molecule has 0 radical (unpaired) electrons. The monoisotopic (exact) mass is 534 g/mol. The van der Waals surface area contributed by atoms with E-state index < -0.39 is 0 Å². The van der Waals surface area contributed by atoms with Gasteiger partial charge in [0.2, 0.25) is 17.7 Å². The molecule has 2 aliphatic heterocycles. The van der Waals surface area contributed by atoms with Crippen LogP contribution in [0.3, 0.4) is 0 Å². The number of nitrogens with zero attached hydrogens (tertiary/aromatic N) is 3. The quantitative estimate of drug-likeness (QED) is 0.399. The van der Waals surface area contributed by atoms with E-state index in [-0.39, 0.29) is 48.2 Å². The second-order valence-corrected chi connectivity index (χ2v) is 10.9. The maximum absolute atomic E-state index is 13.4. The summed E-state index contributed by atoms with van der Waals surface area (Å²) in [7, 11) is 0. The van der Waals surface area contributed by atoms with Crippen LogP contribution in [0.1, 0.15) is 75.2 Å². The van der Waals surface area contributed by atoms with Crippen LogP contribution >= 0.6 is 0 Å². The van der Waals surface area contributed by atoms with E-state index in [9.17, 15) is 14.4 Å². The van der Waals surface area contributed by atoms with E-state index in [0.717, 1.165) is 22.4 Å². The van der Waals surface area contributed by atoms with Gasteiger partial charge in [0.25, 0.3) is 0 Å². The highest BCUT2D eigenvalue weighted by Gasteiger charge is 2.36. The first kappa shape index (κ1) is 28.2. The Morgan fingerprint density at radius 3 is 2.51 bits per heavy atom. The first-order valence-corrected chi connectivity index (χ1v) is 13.5. The second-order valence-electron chi connectivity index (χ2n) is 10.9. The van der Waals surface area contributed by atoms with Crippen LogP contribution < -0.4 is 21.0 Å². The molecule has 2 aromatic rings. The van der Waals surface area contributed by atoms with Gasteiger partial charge in [0.1, 0.15) is 6.04 Å². The molecule has 208 valence electrons. The number of carbonyl (C=O) groups excluding carboxylic acids is 3. The molecule has 0 saturated carbocycles. The smallest absolute Gasteiger partial charge is 0.227 e. The number of hydrogen-bond acceptors (Lipinski definition) is 7. The number of fused-ring (bicyclic) bond motifs is 5. The molecule has 2 aliphatic rings. The van der Waals surface area contributed by atoms with Crippen molar-refractivity contribution >= 4 is 23.4 Å². The lowest BCUT2D eigenvalue weighted by molar-refractivity contribution is -0.125. The van der Waals surface area contributed by atoms with E-state index in [1.165, 1.54) is 0 Å². The molecule has 0 aliphatic carbocycles. The minimum atomic E-state index is -0.244. The molecule has 10 heteroatoms. The van der Waals surface area contributed by atoms with Gasteiger partial charge < -0.3 is 20.3 Å². The molecule has 0 aromatic heterocycles. The summed E-state index contributed by atoms with van der Waals surface area (Å²) in [5.74, 6) is -0.330. The zero-order valence-electron chi connectivity index (χ0n) is 22.9. The molecule has 3 amide bonds. The van der Waals surface area contributed by atoms with Crippen LogP contribution in [0.4, 0.5) is 5.69 Å². The summed E-state index contributed by atoms with van der Waals surface area (Å²) in [5, 5.41) is 14.3. The lowest BCUT2D eigenvalue weighted by Gasteiger charge is -2.32. The summed E-state index contributed by atoms with van der Waals surface area (Å²) in [6.45, 7) is 7.38. The standard InChI is InChI=1S/C29H38N6O4/c1-29(2,3)31-25(37)13-8-17-39-18-16-30-24(36)14-15-26(38)35-19-20-9-4-5-10-21(20)27-28(33-34-32-27)22-11-6-7-12-23(22)35/h4-7,9-12,27-28H,8,13-19H2,1-3H3,(H,30,36)(H,31,37)(H,32,33). The number of carbonyl (C=O) groups is 3. The van der Waals surface area contributed by atoms with Crippen LogP contribution in [0.15, 0.2) is 58.9 Å². The van der Waals surface area contributed by atoms with Crippen LogP contribution in [0.25, 0.3) is 0 Å². The Morgan fingerprint density at radius 1 is 0.974 bits per heavy atom. The Morgan fingerprint density at radius 2 is 1.72 bits per heavy atom. The zero-order chi connectivity index (χ0) is 27.8. The number of hydrogen-bond donors (Lipinski definition) is 3. The molecule has 2 aromatic carbocycles. The second kappa shape index (κ2) is 12.8. The van der Waals surface area contributed by atoms with Crippen LogP contribution in [-0.2, 0) is 25.7 Å². The molecule has 10 nitrogen and oxygen atoms in total. The Kier molecular flexibility index (Phi) is 9.29. The fourth-order valence-corrected chi connectivity index (χ4v) is 4.84. The molecule has 3 N–H and O–H groups in total. The maximum atomic E-state index is 13.4. The average Bonchev–Trinajstić information content (AvgIpc) is 3.37. The summed E-state index contributed by atoms with van der Waals surface area (Å²) in [4.78, 5) is 39.5. The van der Waals surface area contributed by atoms with Gasteiger partial charge in [-0.3, -0.25) is 19.8 Å². The number of ether oxygens (including phenoxy) is 1. The lowest BCUT2D eigenvalue weighted by atomic mass is 9.88. The molecule has 0 saturated heterocycles. The van der Waals surface area contributed by atoms with Crippen molar-refractivity contribution in [3.8, 4) is 0 Å². The van der Waals surface area contributed by atoms with Gasteiger partial charge >= 0.3 is 0 Å². The van der Waals surface area contributed by atoms with Crippen molar-refractivity contribution in [3.63, 3.8) is 0 Å². The maximum Gasteiger partial charge on any atom is 0.227 e. The van der Waals surface area contributed by atoms with Gasteiger partial charge in [0.15, 0.2) is 0 Å². The number of rotatable bonds is 10. The highest BCUT2D eigenvalue weighted by molar-refractivity contribution is 5.96. The van der Waals surface area contributed by atoms with Crippen LogP contribution in [0.5, 0.6) is 0 Å². The van der Waals surface area contributed by atoms with E-state index in [1.807, 2.05) is 69.3 Å². The van der Waals surface area contributed by atoms with Gasteiger partial charge in [0, 0.05) is 49.2 Å². The molecule has 4 rings (SSSR count). The Balaban J connectivity index is 1.26. The van der Waals surface area contributed by atoms with Gasteiger partial charge in [-0.1, -0.05) is 47.7 Å². The van der Waals surface area contributed by atoms with Crippen LogP contribution in [0.2, 0.25) is 0 Å². The number of amides is 3. The number of benzene rings is 2. The minimum Gasteiger partial charge on any atom is -0.380 e. The van der Waals surface area contributed by atoms with Crippen molar-refractivity contribution in [3.05, 3.63) is 65.2 Å². The van der Waals surface area contributed by atoms with E-state index in [4.69, 9.17) is 4.74 Å². The molecule has 39 heavy (non-hydrogen) atoms. The normalized spacial score (nSPS) is 17.7. The fourth-order valence-electron chi connectivity index (χ4n) is 4.84. The van der Waals surface area contributed by atoms with E-state index in [1.54, 1.807) is 4.90 Å². The third-order valence-electron chi connectivity index (χ3n) is 6.60. The molecular formula is C29H38N6O4. The molecule has 0 spiro atoms. The summed E-state index contributed by atoms with van der Waals surface area (Å²) < 4.78 is 5.53. The van der Waals surface area contributed by atoms with Crippen LogP contribution in [0, 0.1) is 0 Å². The fraction of sp³-hybridized carbons (Fsp3) is 0.483. The van der Waals surface area contributed by atoms with Crippen molar-refractivity contribution in [2.24, 2.45) is 10.3 Å². The van der Waals surface area contributed by atoms with E-state index in [0.29, 0.717) is 39.1 Å². The molecule has 2 heterocycles. The zero-order valence-corrected chi connectivity index (χ0v) is 22.9. The van der Waals surface area contributed by atoms with Gasteiger partial charge in [-0.05, 0) is 44.4 Å². The van der Waals surface area contributed by atoms with Gasteiger partial charge in [0.05, 0.1) is 19.2 Å². The SMILES string of the molecule is CC(C)(C)NC(=O)CCCOCCNC(=O)CCC(=O)N1Cc2ccccc2C2NN=NC2c2ccccc21. The topological polar surface area (TPSA) is 124 Å². The Hall–Kier alpha value is -3.79. The Bertz CT molecular complexity index is 1210.